The van der Waals surface area contributed by atoms with Gasteiger partial charge in [-0.2, -0.15) is 0 Å². The quantitative estimate of drug-likeness (QED) is 0.835. The number of hydrogen-bond acceptors (Lipinski definition) is 5. The number of amides is 1. The van der Waals surface area contributed by atoms with Gasteiger partial charge in [0.05, 0.1) is 5.69 Å². The minimum absolute atomic E-state index is 0.140. The minimum Gasteiger partial charge on any atom is -0.381 e. The maximum atomic E-state index is 11.7. The number of anilines is 1. The molecule has 132 valence electrons. The minimum atomic E-state index is 0.140. The standard InChI is InChI=1S/C18H28N4O2/c1-13-20-17-6-10-22(14(2)23)9-5-16(17)18(21-13)19-8-3-4-15-7-11-24-12-15/h15H,3-12H2,1-2H3,(H,19,20,21)/t15-/m0/s1. The SMILES string of the molecule is CC(=O)N1CCc2nc(C)nc(NCCC[C@H]3CCOC3)c2CC1. The molecule has 2 aliphatic heterocycles. The zero-order chi connectivity index (χ0) is 16.9. The van der Waals surface area contributed by atoms with Gasteiger partial charge in [-0.25, -0.2) is 9.97 Å². The van der Waals surface area contributed by atoms with E-state index in [0.29, 0.717) is 0 Å². The van der Waals surface area contributed by atoms with E-state index in [2.05, 4.69) is 15.3 Å². The zero-order valence-electron chi connectivity index (χ0n) is 14.8. The summed E-state index contributed by atoms with van der Waals surface area (Å²) in [4.78, 5) is 22.8. The Kier molecular flexibility index (Phi) is 5.66. The predicted molar refractivity (Wildman–Crippen MR) is 93.1 cm³/mol. The number of aromatic nitrogens is 2. The molecule has 3 heterocycles. The molecule has 1 aromatic heterocycles. The Morgan fingerprint density at radius 1 is 1.33 bits per heavy atom. The first kappa shape index (κ1) is 17.1. The van der Waals surface area contributed by atoms with E-state index in [0.717, 1.165) is 75.4 Å². The first-order valence-electron chi connectivity index (χ1n) is 9.07. The summed E-state index contributed by atoms with van der Waals surface area (Å²) in [6.45, 7) is 7.85. The van der Waals surface area contributed by atoms with Crippen molar-refractivity contribution in [1.29, 1.82) is 0 Å². The van der Waals surface area contributed by atoms with Crippen LogP contribution in [0.4, 0.5) is 5.82 Å². The number of nitrogens with zero attached hydrogens (tertiary/aromatic N) is 3. The largest absolute Gasteiger partial charge is 0.381 e. The highest BCUT2D eigenvalue weighted by atomic mass is 16.5. The van der Waals surface area contributed by atoms with Crippen molar-refractivity contribution < 1.29 is 9.53 Å². The lowest BCUT2D eigenvalue weighted by molar-refractivity contribution is -0.128. The van der Waals surface area contributed by atoms with Crippen LogP contribution in [0.3, 0.4) is 0 Å². The third-order valence-electron chi connectivity index (χ3n) is 5.01. The maximum Gasteiger partial charge on any atom is 0.219 e. The number of ether oxygens (including phenoxy) is 1. The molecule has 1 saturated heterocycles. The van der Waals surface area contributed by atoms with Gasteiger partial charge in [-0.1, -0.05) is 0 Å². The second kappa shape index (κ2) is 7.92. The number of carbonyl (C=O) groups excluding carboxylic acids is 1. The van der Waals surface area contributed by atoms with Gasteiger partial charge >= 0.3 is 0 Å². The van der Waals surface area contributed by atoms with Gasteiger partial charge in [0, 0.05) is 51.8 Å². The second-order valence-electron chi connectivity index (χ2n) is 6.85. The van der Waals surface area contributed by atoms with E-state index in [-0.39, 0.29) is 5.91 Å². The first-order valence-corrected chi connectivity index (χ1v) is 9.07. The van der Waals surface area contributed by atoms with Crippen LogP contribution in [-0.2, 0) is 22.4 Å². The lowest BCUT2D eigenvalue weighted by Crippen LogP contribution is -2.31. The van der Waals surface area contributed by atoms with Crippen molar-refractivity contribution in [2.75, 3.05) is 38.2 Å². The third kappa shape index (κ3) is 4.23. The molecule has 1 amide bonds. The van der Waals surface area contributed by atoms with Crippen molar-refractivity contribution in [3.05, 3.63) is 17.1 Å². The molecule has 0 bridgehead atoms. The highest BCUT2D eigenvalue weighted by Gasteiger charge is 2.21. The van der Waals surface area contributed by atoms with E-state index in [4.69, 9.17) is 4.74 Å². The van der Waals surface area contributed by atoms with Crippen LogP contribution in [0.5, 0.6) is 0 Å². The average Bonchev–Trinajstić information content (AvgIpc) is 2.96. The average molecular weight is 332 g/mol. The number of hydrogen-bond donors (Lipinski definition) is 1. The Bertz CT molecular complexity index is 585. The third-order valence-corrected chi connectivity index (χ3v) is 5.01. The zero-order valence-corrected chi connectivity index (χ0v) is 14.8. The van der Waals surface area contributed by atoms with Gasteiger partial charge in [-0.3, -0.25) is 4.79 Å². The number of rotatable bonds is 5. The van der Waals surface area contributed by atoms with Crippen LogP contribution in [-0.4, -0.2) is 53.6 Å². The summed E-state index contributed by atoms with van der Waals surface area (Å²) < 4.78 is 5.43. The molecule has 0 spiro atoms. The van der Waals surface area contributed by atoms with E-state index in [1.807, 2.05) is 11.8 Å². The van der Waals surface area contributed by atoms with E-state index in [1.54, 1.807) is 6.92 Å². The van der Waals surface area contributed by atoms with Gasteiger partial charge in [0.1, 0.15) is 11.6 Å². The van der Waals surface area contributed by atoms with Crippen molar-refractivity contribution in [1.82, 2.24) is 14.9 Å². The fraction of sp³-hybridized carbons (Fsp3) is 0.722. The molecule has 0 aromatic carbocycles. The van der Waals surface area contributed by atoms with Gasteiger partial charge < -0.3 is 15.0 Å². The molecule has 2 aliphatic rings. The monoisotopic (exact) mass is 332 g/mol. The molecule has 1 N–H and O–H groups in total. The van der Waals surface area contributed by atoms with E-state index in [1.165, 1.54) is 18.4 Å². The molecular formula is C18H28N4O2. The van der Waals surface area contributed by atoms with Crippen LogP contribution in [0.1, 0.15) is 43.3 Å². The van der Waals surface area contributed by atoms with Crippen LogP contribution >= 0.6 is 0 Å². The lowest BCUT2D eigenvalue weighted by atomic mass is 10.0. The molecule has 6 heteroatoms. The Balaban J connectivity index is 1.61. The number of nitrogens with one attached hydrogen (secondary N) is 1. The van der Waals surface area contributed by atoms with Crippen LogP contribution in [0, 0.1) is 12.8 Å². The molecule has 0 radical (unpaired) electrons. The number of carbonyl (C=O) groups is 1. The summed E-state index contributed by atoms with van der Waals surface area (Å²) in [5.74, 6) is 2.63. The number of fused-ring (bicyclic) bond motifs is 1. The van der Waals surface area contributed by atoms with Gasteiger partial charge in [-0.05, 0) is 38.5 Å². The van der Waals surface area contributed by atoms with Crippen LogP contribution in [0.15, 0.2) is 0 Å². The molecule has 1 fully saturated rings. The first-order chi connectivity index (χ1) is 11.6. The predicted octanol–water partition coefficient (Wildman–Crippen LogP) is 1.96. The molecule has 0 unspecified atom stereocenters. The van der Waals surface area contributed by atoms with E-state index in [9.17, 15) is 4.79 Å². The van der Waals surface area contributed by atoms with Crippen molar-refractivity contribution in [3.63, 3.8) is 0 Å². The molecular weight excluding hydrogens is 304 g/mol. The normalized spacial score (nSPS) is 20.6. The van der Waals surface area contributed by atoms with E-state index < -0.39 is 0 Å². The molecule has 0 aliphatic carbocycles. The summed E-state index contributed by atoms with van der Waals surface area (Å²) in [5.41, 5.74) is 2.28. The summed E-state index contributed by atoms with van der Waals surface area (Å²) in [7, 11) is 0. The fourth-order valence-electron chi connectivity index (χ4n) is 3.59. The molecule has 6 nitrogen and oxygen atoms in total. The Morgan fingerprint density at radius 2 is 2.17 bits per heavy atom. The highest BCUT2D eigenvalue weighted by Crippen LogP contribution is 2.22. The summed E-state index contributed by atoms with van der Waals surface area (Å²) in [6, 6.07) is 0. The molecule has 1 aromatic rings. The molecule has 1 atom stereocenters. The second-order valence-corrected chi connectivity index (χ2v) is 6.85. The number of aryl methyl sites for hydroxylation is 1. The summed E-state index contributed by atoms with van der Waals surface area (Å²) in [6.07, 6.45) is 5.17. The molecule has 24 heavy (non-hydrogen) atoms. The summed E-state index contributed by atoms with van der Waals surface area (Å²) in [5, 5.41) is 3.51. The Hall–Kier alpha value is -1.69. The van der Waals surface area contributed by atoms with Crippen LogP contribution < -0.4 is 5.32 Å². The van der Waals surface area contributed by atoms with Crippen molar-refractivity contribution >= 4 is 11.7 Å². The molecule has 3 rings (SSSR count). The smallest absolute Gasteiger partial charge is 0.219 e. The van der Waals surface area contributed by atoms with Gasteiger partial charge in [0.2, 0.25) is 5.91 Å². The lowest BCUT2D eigenvalue weighted by Gasteiger charge is -2.17. The highest BCUT2D eigenvalue weighted by molar-refractivity contribution is 5.73. The fourth-order valence-corrected chi connectivity index (χ4v) is 3.59. The maximum absolute atomic E-state index is 11.7. The van der Waals surface area contributed by atoms with Gasteiger partial charge in [-0.15, -0.1) is 0 Å². The topological polar surface area (TPSA) is 67.4 Å². The summed E-state index contributed by atoms with van der Waals surface area (Å²) >= 11 is 0. The van der Waals surface area contributed by atoms with Gasteiger partial charge in [0.25, 0.3) is 0 Å². The van der Waals surface area contributed by atoms with Gasteiger partial charge in [0.15, 0.2) is 0 Å². The van der Waals surface area contributed by atoms with Crippen molar-refractivity contribution in [3.8, 4) is 0 Å². The molecule has 0 saturated carbocycles. The van der Waals surface area contributed by atoms with Crippen molar-refractivity contribution in [2.24, 2.45) is 5.92 Å². The Morgan fingerprint density at radius 3 is 2.92 bits per heavy atom. The van der Waals surface area contributed by atoms with Crippen molar-refractivity contribution in [2.45, 2.75) is 46.0 Å². The van der Waals surface area contributed by atoms with E-state index >= 15 is 0 Å². The van der Waals surface area contributed by atoms with Crippen LogP contribution in [0.25, 0.3) is 0 Å². The van der Waals surface area contributed by atoms with Crippen LogP contribution in [0.2, 0.25) is 0 Å². The Labute approximate surface area is 144 Å².